The van der Waals surface area contributed by atoms with Gasteiger partial charge in [0.2, 0.25) is 0 Å². The lowest BCUT2D eigenvalue weighted by Crippen LogP contribution is -2.14. The summed E-state index contributed by atoms with van der Waals surface area (Å²) in [5, 5.41) is 3.59. The summed E-state index contributed by atoms with van der Waals surface area (Å²) in [6.45, 7) is 3.91. The van der Waals surface area contributed by atoms with E-state index in [0.29, 0.717) is 11.5 Å². The van der Waals surface area contributed by atoms with Gasteiger partial charge >= 0.3 is 0 Å². The lowest BCUT2D eigenvalue weighted by Gasteiger charge is -2.11. The molecule has 0 aromatic heterocycles. The van der Waals surface area contributed by atoms with E-state index in [1.807, 2.05) is 18.2 Å². The summed E-state index contributed by atoms with van der Waals surface area (Å²) in [6, 6.07) is 9.80. The maximum atomic E-state index is 13.0. The fraction of sp³-hybridized carbons (Fsp3) is 0.250. The van der Waals surface area contributed by atoms with E-state index in [4.69, 9.17) is 16.3 Å². The zero-order chi connectivity index (χ0) is 15.2. The molecule has 0 bridgehead atoms. The molecule has 0 saturated heterocycles. The van der Waals surface area contributed by atoms with E-state index in [1.165, 1.54) is 18.2 Å². The summed E-state index contributed by atoms with van der Waals surface area (Å²) in [7, 11) is 0. The average Bonchev–Trinajstić information content (AvgIpc) is 2.44. The van der Waals surface area contributed by atoms with Crippen molar-refractivity contribution in [3.05, 3.63) is 57.3 Å². The number of nitrogens with one attached hydrogen (secondary N) is 1. The Morgan fingerprint density at radius 2 is 2.05 bits per heavy atom. The van der Waals surface area contributed by atoms with E-state index >= 15 is 0 Å². The molecule has 2 rings (SSSR count). The molecule has 1 N–H and O–H groups in total. The number of benzene rings is 2. The topological polar surface area (TPSA) is 21.3 Å². The van der Waals surface area contributed by atoms with Gasteiger partial charge in [-0.1, -0.05) is 40.5 Å². The smallest absolute Gasteiger partial charge is 0.146 e. The van der Waals surface area contributed by atoms with Crippen molar-refractivity contribution in [2.75, 3.05) is 6.54 Å². The molecule has 0 amide bonds. The molecule has 112 valence electrons. The van der Waals surface area contributed by atoms with E-state index in [-0.39, 0.29) is 10.8 Å². The molecule has 0 atom stereocenters. The summed E-state index contributed by atoms with van der Waals surface area (Å²) in [5.41, 5.74) is 1.15. The van der Waals surface area contributed by atoms with Crippen LogP contribution in [-0.4, -0.2) is 6.54 Å². The molecule has 0 aliphatic heterocycles. The monoisotopic (exact) mass is 371 g/mol. The quantitative estimate of drug-likeness (QED) is 0.673. The Labute approximate surface area is 137 Å². The van der Waals surface area contributed by atoms with Crippen molar-refractivity contribution in [2.45, 2.75) is 19.9 Å². The second kappa shape index (κ2) is 7.78. The van der Waals surface area contributed by atoms with E-state index < -0.39 is 0 Å². The molecule has 2 aromatic rings. The highest BCUT2D eigenvalue weighted by molar-refractivity contribution is 9.10. The summed E-state index contributed by atoms with van der Waals surface area (Å²) in [6.07, 6.45) is 1.10. The second-order valence-electron chi connectivity index (χ2n) is 4.61. The normalized spacial score (nSPS) is 10.7. The minimum absolute atomic E-state index is 0.250. The molecule has 0 spiro atoms. The van der Waals surface area contributed by atoms with Crippen molar-refractivity contribution in [1.82, 2.24) is 5.32 Å². The number of hydrogen-bond acceptors (Lipinski definition) is 2. The molecule has 0 aliphatic carbocycles. The lowest BCUT2D eigenvalue weighted by molar-refractivity contribution is 0.480. The van der Waals surface area contributed by atoms with Crippen molar-refractivity contribution < 1.29 is 9.13 Å². The highest BCUT2D eigenvalue weighted by Crippen LogP contribution is 2.32. The molecule has 2 nitrogen and oxygen atoms in total. The van der Waals surface area contributed by atoms with Gasteiger partial charge < -0.3 is 10.1 Å². The van der Waals surface area contributed by atoms with Gasteiger partial charge in [-0.25, -0.2) is 4.39 Å². The minimum atomic E-state index is -0.383. The minimum Gasteiger partial charge on any atom is -0.456 e. The van der Waals surface area contributed by atoms with Crippen LogP contribution < -0.4 is 10.1 Å². The van der Waals surface area contributed by atoms with Crippen LogP contribution in [0.5, 0.6) is 11.5 Å². The van der Waals surface area contributed by atoms with Crippen molar-refractivity contribution in [1.29, 1.82) is 0 Å². The first-order valence-corrected chi connectivity index (χ1v) is 7.89. The largest absolute Gasteiger partial charge is 0.456 e. The van der Waals surface area contributed by atoms with Crippen LogP contribution in [0, 0.1) is 5.82 Å². The Morgan fingerprint density at radius 1 is 1.24 bits per heavy atom. The third-order valence-corrected chi connectivity index (χ3v) is 3.92. The van der Waals surface area contributed by atoms with Crippen LogP contribution in [0.25, 0.3) is 0 Å². The first-order valence-electron chi connectivity index (χ1n) is 6.72. The molecular formula is C16H16BrClFNO. The molecule has 0 radical (unpaired) electrons. The standard InChI is InChI=1S/C16H16BrClFNO/c1-2-7-20-10-11-3-5-13(9-14(11)17)21-16-6-4-12(19)8-15(16)18/h3-6,8-9,20H,2,7,10H2,1H3. The van der Waals surface area contributed by atoms with Crippen molar-refractivity contribution in [3.8, 4) is 11.5 Å². The summed E-state index contributed by atoms with van der Waals surface area (Å²) >= 11 is 9.48. The lowest BCUT2D eigenvalue weighted by atomic mass is 10.2. The zero-order valence-electron chi connectivity index (χ0n) is 11.6. The molecule has 5 heteroatoms. The third kappa shape index (κ3) is 4.70. The van der Waals surface area contributed by atoms with Gasteiger partial charge in [-0.2, -0.15) is 0 Å². The summed E-state index contributed by atoms with van der Waals surface area (Å²) in [5.74, 6) is 0.697. The van der Waals surface area contributed by atoms with Gasteiger partial charge in [0.1, 0.15) is 17.3 Å². The van der Waals surface area contributed by atoms with E-state index in [1.54, 1.807) is 0 Å². The third-order valence-electron chi connectivity index (χ3n) is 2.89. The molecule has 0 saturated carbocycles. The number of ether oxygens (including phenoxy) is 1. The van der Waals surface area contributed by atoms with Gasteiger partial charge in [-0.3, -0.25) is 0 Å². The Balaban J connectivity index is 2.09. The molecule has 0 aliphatic rings. The molecule has 0 unspecified atom stereocenters. The second-order valence-corrected chi connectivity index (χ2v) is 5.87. The Bertz CT molecular complexity index is 621. The van der Waals surface area contributed by atoms with E-state index in [0.717, 1.165) is 29.5 Å². The highest BCUT2D eigenvalue weighted by atomic mass is 79.9. The highest BCUT2D eigenvalue weighted by Gasteiger charge is 2.07. The van der Waals surface area contributed by atoms with Crippen LogP contribution in [0.4, 0.5) is 4.39 Å². The van der Waals surface area contributed by atoms with Crippen molar-refractivity contribution in [2.24, 2.45) is 0 Å². The Kier molecular flexibility index (Phi) is 6.03. The van der Waals surface area contributed by atoms with Gasteiger partial charge in [0.15, 0.2) is 0 Å². The van der Waals surface area contributed by atoms with Crippen LogP contribution in [0.2, 0.25) is 5.02 Å². The maximum absolute atomic E-state index is 13.0. The van der Waals surface area contributed by atoms with Crippen LogP contribution in [0.15, 0.2) is 40.9 Å². The molecular weight excluding hydrogens is 357 g/mol. The fourth-order valence-corrected chi connectivity index (χ4v) is 2.52. The predicted octanol–water partition coefficient (Wildman–Crippen LogP) is 5.53. The van der Waals surface area contributed by atoms with Crippen LogP contribution in [-0.2, 0) is 6.54 Å². The number of halogens is 3. The van der Waals surface area contributed by atoms with Gasteiger partial charge in [0.25, 0.3) is 0 Å². The number of rotatable bonds is 6. The summed E-state index contributed by atoms with van der Waals surface area (Å²) in [4.78, 5) is 0. The van der Waals surface area contributed by atoms with Gasteiger partial charge in [0, 0.05) is 11.0 Å². The zero-order valence-corrected chi connectivity index (χ0v) is 14.0. The molecule has 0 heterocycles. The molecule has 2 aromatic carbocycles. The molecule has 21 heavy (non-hydrogen) atoms. The maximum Gasteiger partial charge on any atom is 0.146 e. The first kappa shape index (κ1) is 16.3. The Morgan fingerprint density at radius 3 is 2.71 bits per heavy atom. The SMILES string of the molecule is CCCNCc1ccc(Oc2ccc(F)cc2Cl)cc1Br. The van der Waals surface area contributed by atoms with Crippen molar-refractivity contribution >= 4 is 27.5 Å². The average molecular weight is 373 g/mol. The van der Waals surface area contributed by atoms with Crippen LogP contribution in [0.1, 0.15) is 18.9 Å². The van der Waals surface area contributed by atoms with Gasteiger partial charge in [-0.05, 0) is 48.9 Å². The summed E-state index contributed by atoms with van der Waals surface area (Å²) < 4.78 is 19.6. The fourth-order valence-electron chi connectivity index (χ4n) is 1.82. The molecule has 0 fully saturated rings. The van der Waals surface area contributed by atoms with Gasteiger partial charge in [-0.15, -0.1) is 0 Å². The van der Waals surface area contributed by atoms with E-state index in [2.05, 4.69) is 28.2 Å². The Hall–Kier alpha value is -1.10. The van der Waals surface area contributed by atoms with Crippen LogP contribution in [0.3, 0.4) is 0 Å². The van der Waals surface area contributed by atoms with Crippen molar-refractivity contribution in [3.63, 3.8) is 0 Å². The predicted molar refractivity (Wildman–Crippen MR) is 87.6 cm³/mol. The van der Waals surface area contributed by atoms with Gasteiger partial charge in [0.05, 0.1) is 5.02 Å². The number of hydrogen-bond donors (Lipinski definition) is 1. The first-order chi connectivity index (χ1) is 10.1. The van der Waals surface area contributed by atoms with E-state index in [9.17, 15) is 4.39 Å². The van der Waals surface area contributed by atoms with Crippen LogP contribution >= 0.6 is 27.5 Å².